The van der Waals surface area contributed by atoms with Gasteiger partial charge in [0, 0.05) is 12.5 Å². The number of hydrogen-bond acceptors (Lipinski definition) is 17. The van der Waals surface area contributed by atoms with Gasteiger partial charge in [-0.05, 0) is 84.7 Å². The van der Waals surface area contributed by atoms with Crippen molar-refractivity contribution < 1.29 is 58.1 Å². The molecule has 0 amide bonds. The third kappa shape index (κ3) is 11.3. The lowest BCUT2D eigenvalue weighted by Crippen LogP contribution is -2.26. The van der Waals surface area contributed by atoms with Gasteiger partial charge in [0.1, 0.15) is 12.7 Å². The van der Waals surface area contributed by atoms with Gasteiger partial charge >= 0.3 is 18.3 Å². The van der Waals surface area contributed by atoms with Gasteiger partial charge in [-0.15, -0.1) is 15.0 Å². The van der Waals surface area contributed by atoms with Crippen molar-refractivity contribution in [2.75, 3.05) is 6.61 Å². The fourth-order valence-corrected chi connectivity index (χ4v) is 7.15. The number of ether oxygens (including phenoxy) is 6. The van der Waals surface area contributed by atoms with Gasteiger partial charge in [0.15, 0.2) is 0 Å². The zero-order valence-corrected chi connectivity index (χ0v) is 34.9. The van der Waals surface area contributed by atoms with Crippen LogP contribution in [0, 0.1) is 0 Å². The first-order valence-corrected chi connectivity index (χ1v) is 20.5. The molecule has 6 aromatic rings. The van der Waals surface area contributed by atoms with Crippen LogP contribution >= 0.6 is 0 Å². The zero-order valence-electron chi connectivity index (χ0n) is 34.9. The summed E-state index contributed by atoms with van der Waals surface area (Å²) >= 11 is 0. The highest BCUT2D eigenvalue weighted by Crippen LogP contribution is 2.32. The van der Waals surface area contributed by atoms with Crippen molar-refractivity contribution in [2.45, 2.75) is 91.3 Å². The third-order valence-corrected chi connectivity index (χ3v) is 10.2. The molecule has 0 aliphatic heterocycles. The maximum absolute atomic E-state index is 13.6. The van der Waals surface area contributed by atoms with E-state index in [2.05, 4.69) is 25.2 Å². The Balaban J connectivity index is 1.02. The van der Waals surface area contributed by atoms with E-state index in [0.717, 1.165) is 53.6 Å². The maximum atomic E-state index is 13.6. The molecule has 0 radical (unpaired) electrons. The summed E-state index contributed by atoms with van der Waals surface area (Å²) < 4.78 is 34.7. The van der Waals surface area contributed by atoms with Gasteiger partial charge < -0.3 is 28.4 Å². The summed E-state index contributed by atoms with van der Waals surface area (Å²) in [5, 5.41) is 30.2. The number of rotatable bonds is 17. The zero-order chi connectivity index (χ0) is 44.3. The fraction of sp³-hybridized carbons (Fsp3) is 0.341. The van der Waals surface area contributed by atoms with E-state index < -0.39 is 36.2 Å². The number of carbonyl (C=O) groups is 3. The van der Waals surface area contributed by atoms with Crippen LogP contribution < -0.4 is 4.74 Å². The highest BCUT2D eigenvalue weighted by Gasteiger charge is 2.25. The highest BCUT2D eigenvalue weighted by atomic mass is 17.1. The average molecular weight is 866 g/mol. The number of fused-ring (bicyclic) bond motifs is 1. The van der Waals surface area contributed by atoms with E-state index in [4.69, 9.17) is 38.8 Å². The molecule has 2 N–H and O–H groups in total. The highest BCUT2D eigenvalue weighted by molar-refractivity contribution is 6.02. The minimum Gasteiger partial charge on any atom is -0.465 e. The first-order valence-electron chi connectivity index (χ1n) is 20.5. The van der Waals surface area contributed by atoms with E-state index in [1.807, 2.05) is 55.5 Å². The van der Waals surface area contributed by atoms with Crippen LogP contribution in [-0.4, -0.2) is 82.8 Å². The number of para-hydroxylation sites is 1. The van der Waals surface area contributed by atoms with E-state index in [1.165, 1.54) is 6.92 Å². The Kier molecular flexibility index (Phi) is 14.5. The van der Waals surface area contributed by atoms with Gasteiger partial charge in [0.05, 0.1) is 41.7 Å². The monoisotopic (exact) mass is 865 g/mol. The van der Waals surface area contributed by atoms with Crippen LogP contribution in [0.15, 0.2) is 91.0 Å². The normalized spacial score (nSPS) is 13.9. The predicted molar refractivity (Wildman–Crippen MR) is 221 cm³/mol. The molecule has 330 valence electrons. The van der Waals surface area contributed by atoms with E-state index in [0.29, 0.717) is 52.7 Å². The molecule has 1 fully saturated rings. The average Bonchev–Trinajstić information content (AvgIpc) is 3.91. The van der Waals surface area contributed by atoms with Crippen LogP contribution in [-0.2, 0) is 48.3 Å². The Morgan fingerprint density at radius 1 is 0.810 bits per heavy atom. The molecule has 2 unspecified atom stereocenters. The summed E-state index contributed by atoms with van der Waals surface area (Å²) in [6, 6.07) is 27.6. The summed E-state index contributed by atoms with van der Waals surface area (Å²) in [5.74, 6) is -0.410. The van der Waals surface area contributed by atoms with Crippen molar-refractivity contribution >= 4 is 29.3 Å². The first-order chi connectivity index (χ1) is 30.6. The van der Waals surface area contributed by atoms with E-state index in [-0.39, 0.29) is 24.9 Å². The molecule has 2 atom stereocenters. The van der Waals surface area contributed by atoms with Crippen LogP contribution in [0.25, 0.3) is 33.5 Å². The topological polar surface area (TPSA) is 221 Å². The Bertz CT molecular complexity index is 2500. The van der Waals surface area contributed by atoms with Crippen LogP contribution in [0.3, 0.4) is 0 Å². The standard InChI is InChI=1S/C44H47N7O12/c1-4-57-42-45-38-20-12-19-37(41(52)61-29(3)62-44(54)63-34-15-6-5-7-16-34)39(38)49(42)25-30-21-23-31(24-22-30)35-17-10-11-18-36(35)40-46-48-50(47-40)28(2)60-43(53)58-26-32-13-8-9-14-33(32)27-59-51(55)56/h8-14,17-24,28-29,34,55-56H,4-7,15-16,25-27H2,1-3H3. The van der Waals surface area contributed by atoms with Crippen molar-refractivity contribution in [3.63, 3.8) is 0 Å². The minimum atomic E-state index is -1.20. The van der Waals surface area contributed by atoms with Gasteiger partial charge in [-0.1, -0.05) is 85.3 Å². The summed E-state index contributed by atoms with van der Waals surface area (Å²) in [7, 11) is 0. The third-order valence-electron chi connectivity index (χ3n) is 10.2. The first kappa shape index (κ1) is 44.1. The lowest BCUT2D eigenvalue weighted by molar-refractivity contribution is -0.497. The molecular weight excluding hydrogens is 819 g/mol. The molecule has 19 heteroatoms. The van der Waals surface area contributed by atoms with Crippen LogP contribution in [0.2, 0.25) is 0 Å². The fourth-order valence-electron chi connectivity index (χ4n) is 7.15. The van der Waals surface area contributed by atoms with Crippen molar-refractivity contribution in [1.29, 1.82) is 0 Å². The van der Waals surface area contributed by atoms with Crippen molar-refractivity contribution in [3.05, 3.63) is 113 Å². The Labute approximate surface area is 361 Å². The van der Waals surface area contributed by atoms with Crippen LogP contribution in [0.1, 0.15) is 86.2 Å². The second-order valence-electron chi connectivity index (χ2n) is 14.5. The van der Waals surface area contributed by atoms with Gasteiger partial charge in [-0.3, -0.25) is 15.0 Å². The van der Waals surface area contributed by atoms with Crippen molar-refractivity contribution in [2.24, 2.45) is 0 Å². The molecule has 4 aromatic carbocycles. The number of carbonyl (C=O) groups excluding carboxylic acids is 3. The lowest BCUT2D eigenvalue weighted by atomic mass is 9.98. The second-order valence-corrected chi connectivity index (χ2v) is 14.5. The summed E-state index contributed by atoms with van der Waals surface area (Å²) in [4.78, 5) is 49.1. The lowest BCUT2D eigenvalue weighted by Gasteiger charge is -2.22. The van der Waals surface area contributed by atoms with E-state index in [1.54, 1.807) is 54.0 Å². The second kappa shape index (κ2) is 20.8. The number of hydrogen-bond donors (Lipinski definition) is 2. The van der Waals surface area contributed by atoms with Gasteiger partial charge in [0.2, 0.25) is 18.3 Å². The Morgan fingerprint density at radius 3 is 2.25 bits per heavy atom. The van der Waals surface area contributed by atoms with E-state index in [9.17, 15) is 14.4 Å². The van der Waals surface area contributed by atoms with Crippen molar-refractivity contribution in [1.82, 2.24) is 35.1 Å². The Hall–Kier alpha value is -6.93. The summed E-state index contributed by atoms with van der Waals surface area (Å²) in [6.45, 7) is 5.17. The summed E-state index contributed by atoms with van der Waals surface area (Å²) in [5.41, 5.74) is 5.59. The van der Waals surface area contributed by atoms with Crippen LogP contribution in [0.4, 0.5) is 9.59 Å². The maximum Gasteiger partial charge on any atom is 0.511 e. The van der Waals surface area contributed by atoms with E-state index >= 15 is 0 Å². The number of benzene rings is 4. The molecular formula is C44H47N7O12. The predicted octanol–water partition coefficient (Wildman–Crippen LogP) is 8.18. The number of esters is 1. The summed E-state index contributed by atoms with van der Waals surface area (Å²) in [6.07, 6.45) is 0.431. The molecule has 1 saturated carbocycles. The van der Waals surface area contributed by atoms with Gasteiger partial charge in [0.25, 0.3) is 6.01 Å². The number of imidazole rings is 1. The van der Waals surface area contributed by atoms with Gasteiger partial charge in [-0.25, -0.2) is 19.2 Å². The molecule has 63 heavy (non-hydrogen) atoms. The quantitative estimate of drug-likeness (QED) is 0.0382. The molecule has 2 aromatic heterocycles. The Morgan fingerprint density at radius 2 is 1.52 bits per heavy atom. The molecule has 0 bridgehead atoms. The molecule has 7 rings (SSSR count). The molecule has 19 nitrogen and oxygen atoms in total. The van der Waals surface area contributed by atoms with Gasteiger partial charge in [-0.2, -0.15) is 4.98 Å². The number of tetrazole rings is 1. The van der Waals surface area contributed by atoms with Crippen LogP contribution in [0.5, 0.6) is 6.01 Å². The molecule has 1 aliphatic rings. The SMILES string of the molecule is CCOc1nc2cccc(C(=O)OC(C)OC(=O)OC3CCCCC3)c2n1Cc1ccc(-c2ccccc2-c2nnn(C(C)OC(=O)OCc3ccccc3CON(O)O)n2)cc1. The number of nitrogens with zero attached hydrogens (tertiary/aromatic N) is 7. The molecule has 0 spiro atoms. The molecule has 2 heterocycles. The molecule has 0 saturated heterocycles. The largest absolute Gasteiger partial charge is 0.511 e. The number of aromatic nitrogens is 6. The van der Waals surface area contributed by atoms with Crippen molar-refractivity contribution in [3.8, 4) is 28.5 Å². The molecule has 1 aliphatic carbocycles. The smallest absolute Gasteiger partial charge is 0.465 e. The minimum absolute atomic E-state index is 0.164.